The number of hydrogen-bond donors (Lipinski definition) is 2. The minimum absolute atomic E-state index is 0.0911. The van der Waals surface area contributed by atoms with E-state index in [0.29, 0.717) is 19.5 Å². The van der Waals surface area contributed by atoms with Crippen molar-refractivity contribution in [2.24, 2.45) is 11.5 Å². The zero-order chi connectivity index (χ0) is 12.0. The molecule has 5 heteroatoms. The van der Waals surface area contributed by atoms with Gasteiger partial charge in [0.1, 0.15) is 6.29 Å². The summed E-state index contributed by atoms with van der Waals surface area (Å²) in [6.07, 6.45) is 4.91. The standard InChI is InChI=1S/C11H21N3O2/c12-6-2-1-5-10(13)11(16)14-7-3-4-9(14)8-15/h8-10H,1-7,12-13H2/t9-,10?/m0/s1. The average Bonchev–Trinajstić information content (AvgIpc) is 2.76. The van der Waals surface area contributed by atoms with Crippen LogP contribution in [0, 0.1) is 0 Å². The number of carbonyl (C=O) groups excluding carboxylic acids is 2. The van der Waals surface area contributed by atoms with Gasteiger partial charge < -0.3 is 21.2 Å². The second-order valence-electron chi connectivity index (χ2n) is 4.27. The Hall–Kier alpha value is -0.940. The van der Waals surface area contributed by atoms with Gasteiger partial charge in [-0.2, -0.15) is 0 Å². The fraction of sp³-hybridized carbons (Fsp3) is 0.818. The lowest BCUT2D eigenvalue weighted by atomic mass is 10.1. The average molecular weight is 227 g/mol. The molecule has 2 atom stereocenters. The van der Waals surface area contributed by atoms with Crippen LogP contribution in [0.5, 0.6) is 0 Å². The minimum Gasteiger partial charge on any atom is -0.332 e. The lowest BCUT2D eigenvalue weighted by Gasteiger charge is -2.24. The zero-order valence-electron chi connectivity index (χ0n) is 9.60. The van der Waals surface area contributed by atoms with Gasteiger partial charge in [-0.3, -0.25) is 4.79 Å². The molecule has 0 saturated carbocycles. The molecular weight excluding hydrogens is 206 g/mol. The molecule has 0 spiro atoms. The van der Waals surface area contributed by atoms with Gasteiger partial charge in [0.2, 0.25) is 5.91 Å². The molecule has 0 aromatic heterocycles. The summed E-state index contributed by atoms with van der Waals surface area (Å²) in [5, 5.41) is 0. The summed E-state index contributed by atoms with van der Waals surface area (Å²) in [5.74, 6) is -0.0911. The Bertz CT molecular complexity index is 245. The van der Waals surface area contributed by atoms with E-state index in [9.17, 15) is 9.59 Å². The third-order valence-corrected chi connectivity index (χ3v) is 3.03. The Morgan fingerprint density at radius 1 is 1.50 bits per heavy atom. The second-order valence-corrected chi connectivity index (χ2v) is 4.27. The summed E-state index contributed by atoms with van der Waals surface area (Å²) in [4.78, 5) is 24.3. The van der Waals surface area contributed by atoms with Crippen LogP contribution < -0.4 is 11.5 Å². The summed E-state index contributed by atoms with van der Waals surface area (Å²) in [7, 11) is 0. The van der Waals surface area contributed by atoms with Crippen LogP contribution in [0.3, 0.4) is 0 Å². The second kappa shape index (κ2) is 6.60. The first-order valence-electron chi connectivity index (χ1n) is 5.92. The molecule has 4 N–H and O–H groups in total. The summed E-state index contributed by atoms with van der Waals surface area (Å²) in [6, 6.07) is -0.736. The highest BCUT2D eigenvalue weighted by Crippen LogP contribution is 2.17. The number of unbranched alkanes of at least 4 members (excludes halogenated alkanes) is 1. The monoisotopic (exact) mass is 227 g/mol. The Balaban J connectivity index is 2.40. The van der Waals surface area contributed by atoms with E-state index < -0.39 is 6.04 Å². The van der Waals surface area contributed by atoms with E-state index in [0.717, 1.165) is 32.0 Å². The molecule has 1 heterocycles. The van der Waals surface area contributed by atoms with Gasteiger partial charge in [-0.1, -0.05) is 6.42 Å². The maximum Gasteiger partial charge on any atom is 0.240 e. The van der Waals surface area contributed by atoms with Gasteiger partial charge in [0.15, 0.2) is 0 Å². The summed E-state index contributed by atoms with van der Waals surface area (Å²) in [6.45, 7) is 1.29. The predicted molar refractivity (Wildman–Crippen MR) is 61.7 cm³/mol. The Morgan fingerprint density at radius 3 is 2.88 bits per heavy atom. The number of nitrogens with zero attached hydrogens (tertiary/aromatic N) is 1. The fourth-order valence-corrected chi connectivity index (χ4v) is 2.05. The Kier molecular flexibility index (Phi) is 5.42. The van der Waals surface area contributed by atoms with Gasteiger partial charge in [-0.15, -0.1) is 0 Å². The first-order chi connectivity index (χ1) is 7.70. The molecule has 92 valence electrons. The van der Waals surface area contributed by atoms with E-state index in [1.54, 1.807) is 4.90 Å². The molecule has 1 amide bonds. The fourth-order valence-electron chi connectivity index (χ4n) is 2.05. The van der Waals surface area contributed by atoms with Crippen LogP contribution in [0.15, 0.2) is 0 Å². The topological polar surface area (TPSA) is 89.4 Å². The SMILES string of the molecule is NCCCCC(N)C(=O)N1CCC[C@H]1C=O. The van der Waals surface area contributed by atoms with Crippen LogP contribution in [0.2, 0.25) is 0 Å². The van der Waals surface area contributed by atoms with Gasteiger partial charge in [-0.25, -0.2) is 0 Å². The van der Waals surface area contributed by atoms with Crippen LogP contribution in [-0.4, -0.2) is 42.3 Å². The van der Waals surface area contributed by atoms with Gasteiger partial charge in [0.25, 0.3) is 0 Å². The first kappa shape index (κ1) is 13.1. The highest BCUT2D eigenvalue weighted by Gasteiger charge is 2.30. The largest absolute Gasteiger partial charge is 0.332 e. The molecule has 0 radical (unpaired) electrons. The van der Waals surface area contributed by atoms with E-state index >= 15 is 0 Å². The third kappa shape index (κ3) is 3.28. The van der Waals surface area contributed by atoms with Crippen LogP contribution in [0.4, 0.5) is 0 Å². The van der Waals surface area contributed by atoms with Gasteiger partial charge in [-0.05, 0) is 32.2 Å². The van der Waals surface area contributed by atoms with Crippen molar-refractivity contribution in [2.75, 3.05) is 13.1 Å². The number of nitrogens with two attached hydrogens (primary N) is 2. The molecule has 16 heavy (non-hydrogen) atoms. The number of likely N-dealkylation sites (tertiary alicyclic amines) is 1. The molecule has 0 aliphatic carbocycles. The molecule has 0 bridgehead atoms. The molecule has 1 saturated heterocycles. The smallest absolute Gasteiger partial charge is 0.240 e. The molecule has 1 unspecified atom stereocenters. The van der Waals surface area contributed by atoms with Crippen molar-refractivity contribution in [3.63, 3.8) is 0 Å². The molecule has 1 fully saturated rings. The van der Waals surface area contributed by atoms with Crippen LogP contribution in [-0.2, 0) is 9.59 Å². The lowest BCUT2D eigenvalue weighted by Crippen LogP contribution is -2.46. The predicted octanol–water partition coefficient (Wildman–Crippen LogP) is -0.367. The van der Waals surface area contributed by atoms with E-state index in [1.807, 2.05) is 0 Å². The molecule has 1 rings (SSSR count). The van der Waals surface area contributed by atoms with Gasteiger partial charge in [0, 0.05) is 6.54 Å². The van der Waals surface area contributed by atoms with E-state index in [1.165, 1.54) is 0 Å². The van der Waals surface area contributed by atoms with Crippen molar-refractivity contribution >= 4 is 12.2 Å². The van der Waals surface area contributed by atoms with Gasteiger partial charge >= 0.3 is 0 Å². The maximum atomic E-state index is 11.9. The zero-order valence-corrected chi connectivity index (χ0v) is 9.60. The molecule has 1 aliphatic rings. The highest BCUT2D eigenvalue weighted by atomic mass is 16.2. The number of amides is 1. The minimum atomic E-state index is -0.480. The van der Waals surface area contributed by atoms with E-state index in [4.69, 9.17) is 11.5 Å². The number of carbonyl (C=O) groups is 2. The van der Waals surface area contributed by atoms with Crippen molar-refractivity contribution < 1.29 is 9.59 Å². The normalized spacial score (nSPS) is 22.1. The van der Waals surface area contributed by atoms with Crippen molar-refractivity contribution in [3.05, 3.63) is 0 Å². The van der Waals surface area contributed by atoms with E-state index in [2.05, 4.69) is 0 Å². The maximum absolute atomic E-state index is 11.9. The number of aldehydes is 1. The third-order valence-electron chi connectivity index (χ3n) is 3.03. The van der Waals surface area contributed by atoms with Crippen molar-refractivity contribution in [1.82, 2.24) is 4.90 Å². The summed E-state index contributed by atoms with van der Waals surface area (Å²) >= 11 is 0. The molecule has 5 nitrogen and oxygen atoms in total. The van der Waals surface area contributed by atoms with Crippen molar-refractivity contribution in [1.29, 1.82) is 0 Å². The van der Waals surface area contributed by atoms with Crippen LogP contribution in [0.1, 0.15) is 32.1 Å². The molecule has 0 aromatic rings. The summed E-state index contributed by atoms with van der Waals surface area (Å²) < 4.78 is 0. The highest BCUT2D eigenvalue weighted by molar-refractivity contribution is 5.84. The number of rotatable bonds is 6. The quantitative estimate of drug-likeness (QED) is 0.478. The lowest BCUT2D eigenvalue weighted by molar-refractivity contribution is -0.135. The first-order valence-corrected chi connectivity index (χ1v) is 5.92. The van der Waals surface area contributed by atoms with Crippen LogP contribution >= 0.6 is 0 Å². The molecule has 1 aliphatic heterocycles. The number of hydrogen-bond acceptors (Lipinski definition) is 4. The van der Waals surface area contributed by atoms with Crippen LogP contribution in [0.25, 0.3) is 0 Å². The molecule has 0 aromatic carbocycles. The Labute approximate surface area is 96.1 Å². The van der Waals surface area contributed by atoms with Crippen molar-refractivity contribution in [2.45, 2.75) is 44.2 Å². The summed E-state index contributed by atoms with van der Waals surface area (Å²) in [5.41, 5.74) is 11.2. The van der Waals surface area contributed by atoms with Crippen molar-refractivity contribution in [3.8, 4) is 0 Å². The van der Waals surface area contributed by atoms with Gasteiger partial charge in [0.05, 0.1) is 12.1 Å². The molecular formula is C11H21N3O2. The Morgan fingerprint density at radius 2 is 2.25 bits per heavy atom. The van der Waals surface area contributed by atoms with E-state index in [-0.39, 0.29) is 11.9 Å².